The van der Waals surface area contributed by atoms with Crippen molar-refractivity contribution in [2.45, 2.75) is 13.0 Å². The van der Waals surface area contributed by atoms with E-state index in [4.69, 9.17) is 0 Å². The zero-order valence-corrected chi connectivity index (χ0v) is 13.2. The first-order valence-electron chi connectivity index (χ1n) is 7.72. The summed E-state index contributed by atoms with van der Waals surface area (Å²) in [6, 6.07) is 12.2. The van der Waals surface area contributed by atoms with E-state index in [9.17, 15) is 0 Å². The minimum atomic E-state index is 0.136. The molecule has 0 bridgehead atoms. The Hall–Kier alpha value is -3.28. The molecule has 1 aromatic carbocycles. The number of imidazole rings is 1. The molecule has 0 saturated carbocycles. The summed E-state index contributed by atoms with van der Waals surface area (Å²) >= 11 is 0. The van der Waals surface area contributed by atoms with Gasteiger partial charge in [-0.3, -0.25) is 14.5 Å². The van der Waals surface area contributed by atoms with Gasteiger partial charge in [0.2, 0.25) is 0 Å². The number of anilines is 1. The molecule has 0 amide bonds. The fourth-order valence-electron chi connectivity index (χ4n) is 2.63. The van der Waals surface area contributed by atoms with Crippen molar-refractivity contribution < 1.29 is 0 Å². The average molecular weight is 316 g/mol. The Bertz CT molecular complexity index is 963. The van der Waals surface area contributed by atoms with Gasteiger partial charge in [-0.15, -0.1) is 0 Å². The predicted octanol–water partition coefficient (Wildman–Crippen LogP) is 3.38. The summed E-state index contributed by atoms with van der Waals surface area (Å²) in [5.74, 6) is 1.42. The van der Waals surface area contributed by atoms with Gasteiger partial charge in [0.05, 0.1) is 29.6 Å². The van der Waals surface area contributed by atoms with Crippen LogP contribution in [0.1, 0.15) is 18.5 Å². The lowest BCUT2D eigenvalue weighted by atomic mass is 10.1. The van der Waals surface area contributed by atoms with Gasteiger partial charge in [0, 0.05) is 12.2 Å². The lowest BCUT2D eigenvalue weighted by Crippen LogP contribution is -2.09. The maximum absolute atomic E-state index is 4.65. The maximum atomic E-state index is 4.65. The van der Waals surface area contributed by atoms with Crippen molar-refractivity contribution >= 4 is 16.9 Å². The van der Waals surface area contributed by atoms with E-state index in [0.29, 0.717) is 5.82 Å². The van der Waals surface area contributed by atoms with Crippen molar-refractivity contribution in [3.05, 3.63) is 73.1 Å². The summed E-state index contributed by atoms with van der Waals surface area (Å²) in [4.78, 5) is 17.5. The summed E-state index contributed by atoms with van der Waals surface area (Å²) in [5.41, 5.74) is 2.98. The molecule has 0 unspecified atom stereocenters. The molecule has 0 saturated heterocycles. The molecule has 0 spiro atoms. The molecule has 118 valence electrons. The van der Waals surface area contributed by atoms with Crippen molar-refractivity contribution in [3.8, 4) is 5.82 Å². The van der Waals surface area contributed by atoms with Crippen LogP contribution in [0, 0.1) is 0 Å². The van der Waals surface area contributed by atoms with Crippen LogP contribution in [0.3, 0.4) is 0 Å². The predicted molar refractivity (Wildman–Crippen MR) is 92.9 cm³/mol. The third kappa shape index (κ3) is 2.69. The van der Waals surface area contributed by atoms with E-state index >= 15 is 0 Å². The Kier molecular flexibility index (Phi) is 3.63. The van der Waals surface area contributed by atoms with Gasteiger partial charge in [0.25, 0.3) is 0 Å². The fourth-order valence-corrected chi connectivity index (χ4v) is 2.63. The van der Waals surface area contributed by atoms with E-state index in [1.807, 2.05) is 28.8 Å². The Morgan fingerprint density at radius 1 is 1.00 bits per heavy atom. The molecule has 1 N–H and O–H groups in total. The highest BCUT2D eigenvalue weighted by Crippen LogP contribution is 2.19. The number of nitrogens with one attached hydrogen (secondary N) is 1. The number of aromatic nitrogens is 5. The summed E-state index contributed by atoms with van der Waals surface area (Å²) in [5, 5.41) is 3.39. The first-order chi connectivity index (χ1) is 11.8. The Morgan fingerprint density at radius 3 is 2.75 bits per heavy atom. The highest BCUT2D eigenvalue weighted by atomic mass is 15.2. The van der Waals surface area contributed by atoms with Crippen LogP contribution in [0.4, 0.5) is 5.82 Å². The van der Waals surface area contributed by atoms with Crippen molar-refractivity contribution in [1.82, 2.24) is 24.5 Å². The van der Waals surface area contributed by atoms with Crippen LogP contribution in [0.25, 0.3) is 16.9 Å². The summed E-state index contributed by atoms with van der Waals surface area (Å²) in [6.45, 7) is 2.10. The lowest BCUT2D eigenvalue weighted by molar-refractivity contribution is 0.865. The van der Waals surface area contributed by atoms with E-state index in [1.165, 1.54) is 5.56 Å². The first kappa shape index (κ1) is 14.3. The van der Waals surface area contributed by atoms with Crippen molar-refractivity contribution in [3.63, 3.8) is 0 Å². The number of pyridine rings is 1. The van der Waals surface area contributed by atoms with E-state index in [2.05, 4.69) is 44.3 Å². The second-order valence-corrected chi connectivity index (χ2v) is 5.52. The zero-order valence-electron chi connectivity index (χ0n) is 13.2. The van der Waals surface area contributed by atoms with Gasteiger partial charge >= 0.3 is 0 Å². The quantitative estimate of drug-likeness (QED) is 0.625. The highest BCUT2D eigenvalue weighted by molar-refractivity contribution is 5.75. The molecule has 0 fully saturated rings. The van der Waals surface area contributed by atoms with Gasteiger partial charge in [-0.25, -0.2) is 9.97 Å². The summed E-state index contributed by atoms with van der Waals surface area (Å²) in [7, 11) is 0. The van der Waals surface area contributed by atoms with E-state index in [-0.39, 0.29) is 6.04 Å². The molecule has 0 aliphatic rings. The Labute approximate surface area is 139 Å². The second-order valence-electron chi connectivity index (χ2n) is 5.52. The molecule has 24 heavy (non-hydrogen) atoms. The average Bonchev–Trinajstić information content (AvgIpc) is 3.07. The summed E-state index contributed by atoms with van der Waals surface area (Å²) in [6.07, 6.45) is 8.68. The molecule has 4 aromatic rings. The Morgan fingerprint density at radius 2 is 1.88 bits per heavy atom. The Balaban J connectivity index is 1.64. The van der Waals surface area contributed by atoms with E-state index in [0.717, 1.165) is 16.9 Å². The van der Waals surface area contributed by atoms with Crippen LogP contribution < -0.4 is 5.32 Å². The third-order valence-corrected chi connectivity index (χ3v) is 3.88. The molecular weight excluding hydrogens is 300 g/mol. The number of fused-ring (bicyclic) bond motifs is 1. The van der Waals surface area contributed by atoms with E-state index < -0.39 is 0 Å². The largest absolute Gasteiger partial charge is 0.362 e. The number of rotatable bonds is 4. The molecule has 0 radical (unpaired) electrons. The van der Waals surface area contributed by atoms with Crippen LogP contribution in [-0.2, 0) is 0 Å². The van der Waals surface area contributed by atoms with Crippen LogP contribution in [0.5, 0.6) is 0 Å². The van der Waals surface area contributed by atoms with Crippen LogP contribution in [0.15, 0.2) is 67.5 Å². The SMILES string of the molecule is C[C@H](Nc1cncc(-n2cnc3ccncc32)n1)c1ccccc1. The molecule has 4 rings (SSSR count). The van der Waals surface area contributed by atoms with Gasteiger partial charge in [-0.05, 0) is 18.6 Å². The monoisotopic (exact) mass is 316 g/mol. The molecule has 6 heteroatoms. The van der Waals surface area contributed by atoms with Crippen molar-refractivity contribution in [2.24, 2.45) is 0 Å². The standard InChI is InChI=1S/C18H16N6/c1-13(14-5-3-2-4-6-14)22-17-10-20-11-18(23-17)24-12-21-15-7-8-19-9-16(15)24/h2-13H,1H3,(H,22,23)/t13-/m0/s1. The number of hydrogen-bond acceptors (Lipinski definition) is 5. The molecular formula is C18H16N6. The van der Waals surface area contributed by atoms with Gasteiger partial charge in [0.1, 0.15) is 12.1 Å². The molecule has 6 nitrogen and oxygen atoms in total. The fraction of sp³-hybridized carbons (Fsp3) is 0.111. The minimum absolute atomic E-state index is 0.136. The second kappa shape index (κ2) is 6.08. The first-order valence-corrected chi connectivity index (χ1v) is 7.72. The van der Waals surface area contributed by atoms with Gasteiger partial charge < -0.3 is 5.32 Å². The molecule has 0 aliphatic heterocycles. The van der Waals surface area contributed by atoms with Crippen LogP contribution >= 0.6 is 0 Å². The molecule has 3 aromatic heterocycles. The number of nitrogens with zero attached hydrogens (tertiary/aromatic N) is 5. The van der Waals surface area contributed by atoms with Gasteiger partial charge in [-0.2, -0.15) is 0 Å². The maximum Gasteiger partial charge on any atom is 0.159 e. The normalized spacial score (nSPS) is 12.2. The van der Waals surface area contributed by atoms with Crippen LogP contribution in [0.2, 0.25) is 0 Å². The highest BCUT2D eigenvalue weighted by Gasteiger charge is 2.09. The lowest BCUT2D eigenvalue weighted by Gasteiger charge is -2.15. The molecule has 0 aliphatic carbocycles. The summed E-state index contributed by atoms with van der Waals surface area (Å²) < 4.78 is 1.88. The zero-order chi connectivity index (χ0) is 16.4. The smallest absolute Gasteiger partial charge is 0.159 e. The number of benzene rings is 1. The number of hydrogen-bond donors (Lipinski definition) is 1. The van der Waals surface area contributed by atoms with Gasteiger partial charge in [0.15, 0.2) is 5.82 Å². The van der Waals surface area contributed by atoms with Crippen molar-refractivity contribution in [1.29, 1.82) is 0 Å². The van der Waals surface area contributed by atoms with E-state index in [1.54, 1.807) is 31.1 Å². The van der Waals surface area contributed by atoms with Crippen molar-refractivity contribution in [2.75, 3.05) is 5.32 Å². The third-order valence-electron chi connectivity index (χ3n) is 3.88. The minimum Gasteiger partial charge on any atom is -0.362 e. The molecule has 3 heterocycles. The topological polar surface area (TPSA) is 68.5 Å². The van der Waals surface area contributed by atoms with Gasteiger partial charge in [-0.1, -0.05) is 30.3 Å². The van der Waals surface area contributed by atoms with Crippen LogP contribution in [-0.4, -0.2) is 24.5 Å². The molecule has 1 atom stereocenters.